The van der Waals surface area contributed by atoms with Crippen LogP contribution in [-0.2, 0) is 6.18 Å². The maximum Gasteiger partial charge on any atom is 0.451 e. The Balaban J connectivity index is 3.13. The van der Waals surface area contributed by atoms with Crippen molar-refractivity contribution in [3.05, 3.63) is 11.7 Å². The Kier molecular flexibility index (Phi) is 1.92. The molecule has 0 aliphatic rings. The number of aryl methyl sites for hydroxylation is 1. The van der Waals surface area contributed by atoms with E-state index in [-0.39, 0.29) is 11.3 Å². The molecule has 0 saturated heterocycles. The van der Waals surface area contributed by atoms with Crippen LogP contribution in [0.4, 0.5) is 13.2 Å². The first-order valence-electron chi connectivity index (χ1n) is 2.71. The summed E-state index contributed by atoms with van der Waals surface area (Å²) in [6, 6.07) is 0. The van der Waals surface area contributed by atoms with Crippen LogP contribution in [0.1, 0.15) is 11.7 Å². The van der Waals surface area contributed by atoms with Crippen molar-refractivity contribution in [1.82, 2.24) is 4.98 Å². The monoisotopic (exact) mass is 183 g/mol. The van der Waals surface area contributed by atoms with Crippen LogP contribution in [0.2, 0.25) is 0 Å². The van der Waals surface area contributed by atoms with Crippen LogP contribution in [0.25, 0.3) is 0 Å². The summed E-state index contributed by atoms with van der Waals surface area (Å²) < 4.78 is 40.1. The molecule has 1 rings (SSSR count). The molecule has 0 radical (unpaired) electrons. The molecule has 1 heterocycles. The molecule has 0 fully saturated rings. The molecular formula is C5H5F3NOP. The van der Waals surface area contributed by atoms with Gasteiger partial charge in [-0.05, 0) is 0 Å². The zero-order valence-electron chi connectivity index (χ0n) is 5.57. The SMILES string of the molecule is Cc1nc(P)c(C(F)(F)F)o1. The summed E-state index contributed by atoms with van der Waals surface area (Å²) in [5.41, 5.74) is -0.199. The zero-order valence-corrected chi connectivity index (χ0v) is 6.72. The maximum atomic E-state index is 11.9. The first kappa shape index (κ1) is 8.53. The molecule has 6 heteroatoms. The summed E-state index contributed by atoms with van der Waals surface area (Å²) in [4.78, 5) is 3.45. The van der Waals surface area contributed by atoms with Crippen LogP contribution < -0.4 is 5.44 Å². The lowest BCUT2D eigenvalue weighted by molar-refractivity contribution is -0.152. The number of hydrogen-bond acceptors (Lipinski definition) is 2. The minimum atomic E-state index is -4.45. The lowest BCUT2D eigenvalue weighted by Gasteiger charge is -2.00. The van der Waals surface area contributed by atoms with Gasteiger partial charge < -0.3 is 4.42 Å². The van der Waals surface area contributed by atoms with Crippen molar-refractivity contribution in [2.45, 2.75) is 13.1 Å². The quantitative estimate of drug-likeness (QED) is 0.569. The molecule has 0 bridgehead atoms. The number of nitrogens with zero attached hydrogens (tertiary/aromatic N) is 1. The van der Waals surface area contributed by atoms with Gasteiger partial charge in [-0.25, -0.2) is 4.98 Å². The second-order valence-electron chi connectivity index (χ2n) is 1.95. The summed E-state index contributed by atoms with van der Waals surface area (Å²) >= 11 is 0. The lowest BCUT2D eigenvalue weighted by atomic mass is 10.5. The third-order valence-electron chi connectivity index (χ3n) is 1.02. The first-order chi connectivity index (χ1) is 4.91. The molecule has 0 aromatic carbocycles. The van der Waals surface area contributed by atoms with E-state index in [9.17, 15) is 13.2 Å². The van der Waals surface area contributed by atoms with Gasteiger partial charge in [-0.15, -0.1) is 0 Å². The van der Waals surface area contributed by atoms with Crippen molar-refractivity contribution in [2.75, 3.05) is 0 Å². The van der Waals surface area contributed by atoms with E-state index in [1.54, 1.807) is 0 Å². The van der Waals surface area contributed by atoms with Crippen molar-refractivity contribution in [2.24, 2.45) is 0 Å². The number of aromatic nitrogens is 1. The number of oxazole rings is 1. The Morgan fingerprint density at radius 3 is 2.18 bits per heavy atom. The second-order valence-corrected chi connectivity index (χ2v) is 2.49. The van der Waals surface area contributed by atoms with E-state index in [0.29, 0.717) is 0 Å². The fourth-order valence-electron chi connectivity index (χ4n) is 0.646. The molecule has 0 aliphatic heterocycles. The van der Waals surface area contributed by atoms with Crippen molar-refractivity contribution >= 4 is 14.7 Å². The van der Waals surface area contributed by atoms with Gasteiger partial charge in [-0.3, -0.25) is 0 Å². The number of halogens is 3. The average Bonchev–Trinajstić information content (AvgIpc) is 2.08. The lowest BCUT2D eigenvalue weighted by Crippen LogP contribution is -2.12. The molecule has 1 atom stereocenters. The molecule has 2 nitrogen and oxygen atoms in total. The normalized spacial score (nSPS) is 12.1. The van der Waals surface area contributed by atoms with Crippen LogP contribution in [-0.4, -0.2) is 4.98 Å². The Morgan fingerprint density at radius 2 is 2.00 bits per heavy atom. The largest absolute Gasteiger partial charge is 0.451 e. The highest BCUT2D eigenvalue weighted by atomic mass is 31.0. The fourth-order valence-corrected chi connectivity index (χ4v) is 1.05. The van der Waals surface area contributed by atoms with E-state index in [4.69, 9.17) is 0 Å². The van der Waals surface area contributed by atoms with E-state index >= 15 is 0 Å². The molecule has 0 amide bonds. The molecule has 0 saturated carbocycles. The van der Waals surface area contributed by atoms with Gasteiger partial charge >= 0.3 is 6.18 Å². The molecule has 1 aromatic heterocycles. The summed E-state index contributed by atoms with van der Waals surface area (Å²) in [5, 5.41) is 0. The smallest absolute Gasteiger partial charge is 0.436 e. The predicted octanol–water partition coefficient (Wildman–Crippen LogP) is 1.50. The van der Waals surface area contributed by atoms with Gasteiger partial charge in [0.2, 0.25) is 5.76 Å². The van der Waals surface area contributed by atoms with Gasteiger partial charge in [0.15, 0.2) is 5.89 Å². The third-order valence-corrected chi connectivity index (χ3v) is 1.41. The van der Waals surface area contributed by atoms with Gasteiger partial charge in [0.1, 0.15) is 5.44 Å². The maximum absolute atomic E-state index is 11.9. The standard InChI is InChI=1S/C5H5F3NOP/c1-2-9-4(11)3(10-2)5(6,7)8/h11H2,1H3. The van der Waals surface area contributed by atoms with Crippen molar-refractivity contribution < 1.29 is 17.6 Å². The summed E-state index contributed by atoms with van der Waals surface area (Å²) in [6.45, 7) is 1.36. The molecule has 1 aromatic rings. The minimum absolute atomic E-state index is 0.0160. The molecule has 0 N–H and O–H groups in total. The van der Waals surface area contributed by atoms with Gasteiger partial charge in [0.05, 0.1) is 0 Å². The molecule has 62 valence electrons. The number of alkyl halides is 3. The van der Waals surface area contributed by atoms with Crippen LogP contribution in [0.3, 0.4) is 0 Å². The number of hydrogen-bond donors (Lipinski definition) is 0. The second kappa shape index (κ2) is 2.48. The Labute approximate surface area is 63.0 Å². The zero-order chi connectivity index (χ0) is 8.65. The van der Waals surface area contributed by atoms with Gasteiger partial charge in [0.25, 0.3) is 0 Å². The highest BCUT2D eigenvalue weighted by molar-refractivity contribution is 7.27. The highest BCUT2D eigenvalue weighted by Crippen LogP contribution is 2.29. The average molecular weight is 183 g/mol. The van der Waals surface area contributed by atoms with Crippen molar-refractivity contribution in [3.8, 4) is 0 Å². The van der Waals surface area contributed by atoms with E-state index in [2.05, 4.69) is 9.40 Å². The summed E-state index contributed by atoms with van der Waals surface area (Å²) in [7, 11) is 1.87. The van der Waals surface area contributed by atoms with Crippen molar-refractivity contribution in [1.29, 1.82) is 0 Å². The third kappa shape index (κ3) is 1.71. The highest BCUT2D eigenvalue weighted by Gasteiger charge is 2.37. The van der Waals surface area contributed by atoms with Crippen molar-refractivity contribution in [3.63, 3.8) is 0 Å². The van der Waals surface area contributed by atoms with Crippen LogP contribution in [0.5, 0.6) is 0 Å². The first-order valence-corrected chi connectivity index (χ1v) is 3.29. The molecule has 0 spiro atoms. The van der Waals surface area contributed by atoms with E-state index < -0.39 is 11.9 Å². The predicted molar refractivity (Wildman–Crippen MR) is 35.6 cm³/mol. The molecule has 0 aliphatic carbocycles. The Morgan fingerprint density at radius 1 is 1.45 bits per heavy atom. The van der Waals surface area contributed by atoms with Crippen LogP contribution in [0.15, 0.2) is 4.42 Å². The summed E-state index contributed by atoms with van der Waals surface area (Å²) in [6.07, 6.45) is -4.45. The minimum Gasteiger partial charge on any atom is -0.436 e. The Bertz CT molecular complexity index is 267. The van der Waals surface area contributed by atoms with Crippen LogP contribution in [0, 0.1) is 6.92 Å². The Hall–Kier alpha value is -0.570. The van der Waals surface area contributed by atoms with Gasteiger partial charge in [0, 0.05) is 6.92 Å². The molecular weight excluding hydrogens is 178 g/mol. The van der Waals surface area contributed by atoms with E-state index in [1.807, 2.05) is 9.24 Å². The van der Waals surface area contributed by atoms with E-state index in [1.165, 1.54) is 6.92 Å². The summed E-state index contributed by atoms with van der Waals surface area (Å²) in [5.74, 6) is -1.03. The molecule has 1 unspecified atom stereocenters. The number of rotatable bonds is 0. The fraction of sp³-hybridized carbons (Fsp3) is 0.400. The van der Waals surface area contributed by atoms with Gasteiger partial charge in [-0.1, -0.05) is 9.24 Å². The molecule has 11 heavy (non-hydrogen) atoms. The van der Waals surface area contributed by atoms with Gasteiger partial charge in [-0.2, -0.15) is 13.2 Å². The van der Waals surface area contributed by atoms with Crippen LogP contribution >= 0.6 is 9.24 Å². The van der Waals surface area contributed by atoms with E-state index in [0.717, 1.165) is 0 Å². The topological polar surface area (TPSA) is 26.0 Å².